The SMILES string of the molecule is CC(C)CCNC(=O)C(C)NCCCN1CCCCC1C. The van der Waals surface area contributed by atoms with E-state index in [-0.39, 0.29) is 11.9 Å². The Morgan fingerprint density at radius 1 is 1.24 bits per heavy atom. The lowest BCUT2D eigenvalue weighted by atomic mass is 10.0. The molecule has 21 heavy (non-hydrogen) atoms. The summed E-state index contributed by atoms with van der Waals surface area (Å²) in [7, 11) is 0. The maximum atomic E-state index is 11.9. The van der Waals surface area contributed by atoms with Gasteiger partial charge in [0, 0.05) is 12.6 Å². The number of hydrogen-bond donors (Lipinski definition) is 2. The van der Waals surface area contributed by atoms with Gasteiger partial charge < -0.3 is 15.5 Å². The lowest BCUT2D eigenvalue weighted by Gasteiger charge is -2.33. The zero-order chi connectivity index (χ0) is 15.7. The Morgan fingerprint density at radius 2 is 2.00 bits per heavy atom. The van der Waals surface area contributed by atoms with Crippen LogP contribution in [-0.4, -0.2) is 49.1 Å². The zero-order valence-electron chi connectivity index (χ0n) is 14.5. The van der Waals surface area contributed by atoms with Gasteiger partial charge in [0.25, 0.3) is 0 Å². The second kappa shape index (κ2) is 10.2. The van der Waals surface area contributed by atoms with E-state index in [2.05, 4.69) is 36.3 Å². The first kappa shape index (κ1) is 18.4. The predicted molar refractivity (Wildman–Crippen MR) is 89.4 cm³/mol. The average Bonchev–Trinajstić information content (AvgIpc) is 2.44. The highest BCUT2D eigenvalue weighted by atomic mass is 16.2. The van der Waals surface area contributed by atoms with Crippen LogP contribution in [0.25, 0.3) is 0 Å². The maximum Gasteiger partial charge on any atom is 0.236 e. The fourth-order valence-corrected chi connectivity index (χ4v) is 2.82. The van der Waals surface area contributed by atoms with E-state index in [1.54, 1.807) is 0 Å². The first-order valence-corrected chi connectivity index (χ1v) is 8.76. The summed E-state index contributed by atoms with van der Waals surface area (Å²) in [5.74, 6) is 0.766. The van der Waals surface area contributed by atoms with Crippen LogP contribution in [0.1, 0.15) is 59.8 Å². The Morgan fingerprint density at radius 3 is 2.67 bits per heavy atom. The molecule has 4 heteroatoms. The molecule has 0 aromatic heterocycles. The molecule has 1 amide bonds. The minimum atomic E-state index is -0.0871. The minimum Gasteiger partial charge on any atom is -0.355 e. The first-order valence-electron chi connectivity index (χ1n) is 8.76. The molecule has 1 aliphatic rings. The molecule has 1 heterocycles. The van der Waals surface area contributed by atoms with Crippen molar-refractivity contribution in [1.82, 2.24) is 15.5 Å². The molecule has 124 valence electrons. The Labute approximate surface area is 131 Å². The first-order chi connectivity index (χ1) is 10.0. The Bertz CT molecular complexity index is 294. The summed E-state index contributed by atoms with van der Waals surface area (Å²) in [6, 6.07) is 0.645. The highest BCUT2D eigenvalue weighted by Gasteiger charge is 2.17. The van der Waals surface area contributed by atoms with Crippen molar-refractivity contribution in [3.63, 3.8) is 0 Å². The van der Waals surface area contributed by atoms with E-state index in [9.17, 15) is 4.79 Å². The van der Waals surface area contributed by atoms with Gasteiger partial charge in [0.05, 0.1) is 6.04 Å². The monoisotopic (exact) mass is 297 g/mol. The predicted octanol–water partition coefficient (Wildman–Crippen LogP) is 2.39. The fourth-order valence-electron chi connectivity index (χ4n) is 2.82. The van der Waals surface area contributed by atoms with Gasteiger partial charge in [0.1, 0.15) is 0 Å². The lowest BCUT2D eigenvalue weighted by Crippen LogP contribution is -2.44. The van der Waals surface area contributed by atoms with Gasteiger partial charge in [-0.05, 0) is 65.1 Å². The summed E-state index contributed by atoms with van der Waals surface area (Å²) in [5.41, 5.74) is 0. The van der Waals surface area contributed by atoms with Crippen LogP contribution in [0.5, 0.6) is 0 Å². The molecule has 0 bridgehead atoms. The summed E-state index contributed by atoms with van der Waals surface area (Å²) in [6.45, 7) is 12.7. The van der Waals surface area contributed by atoms with Gasteiger partial charge in [-0.3, -0.25) is 4.79 Å². The van der Waals surface area contributed by atoms with Crippen LogP contribution in [0, 0.1) is 5.92 Å². The van der Waals surface area contributed by atoms with Crippen LogP contribution < -0.4 is 10.6 Å². The lowest BCUT2D eigenvalue weighted by molar-refractivity contribution is -0.122. The Kier molecular flexibility index (Phi) is 8.93. The van der Waals surface area contributed by atoms with E-state index >= 15 is 0 Å². The zero-order valence-corrected chi connectivity index (χ0v) is 14.5. The van der Waals surface area contributed by atoms with Gasteiger partial charge in [-0.25, -0.2) is 0 Å². The highest BCUT2D eigenvalue weighted by Crippen LogP contribution is 2.16. The third-order valence-electron chi connectivity index (χ3n) is 4.43. The van der Waals surface area contributed by atoms with Crippen LogP contribution in [0.2, 0.25) is 0 Å². The van der Waals surface area contributed by atoms with Crippen molar-refractivity contribution in [2.75, 3.05) is 26.2 Å². The molecule has 1 rings (SSSR count). The second-order valence-corrected chi connectivity index (χ2v) is 6.88. The molecular weight excluding hydrogens is 262 g/mol. The summed E-state index contributed by atoms with van der Waals surface area (Å²) in [5, 5.41) is 6.34. The smallest absolute Gasteiger partial charge is 0.236 e. The molecule has 0 saturated carbocycles. The molecule has 0 spiro atoms. The minimum absolute atomic E-state index is 0.0871. The van der Waals surface area contributed by atoms with E-state index in [1.165, 1.54) is 25.8 Å². The van der Waals surface area contributed by atoms with Crippen LogP contribution in [-0.2, 0) is 4.79 Å². The van der Waals surface area contributed by atoms with Crippen molar-refractivity contribution in [1.29, 1.82) is 0 Å². The van der Waals surface area contributed by atoms with Gasteiger partial charge in [0.15, 0.2) is 0 Å². The number of amides is 1. The number of carbonyl (C=O) groups is 1. The summed E-state index contributed by atoms with van der Waals surface area (Å²) >= 11 is 0. The second-order valence-electron chi connectivity index (χ2n) is 6.88. The summed E-state index contributed by atoms with van der Waals surface area (Å²) in [6.07, 6.45) is 6.22. The molecule has 1 saturated heterocycles. The molecular formula is C17H35N3O. The van der Waals surface area contributed by atoms with Gasteiger partial charge in [-0.15, -0.1) is 0 Å². The largest absolute Gasteiger partial charge is 0.355 e. The number of hydrogen-bond acceptors (Lipinski definition) is 3. The van der Waals surface area contributed by atoms with Gasteiger partial charge in [0.2, 0.25) is 5.91 Å². The van der Waals surface area contributed by atoms with Crippen molar-refractivity contribution in [3.05, 3.63) is 0 Å². The van der Waals surface area contributed by atoms with Gasteiger partial charge in [-0.2, -0.15) is 0 Å². The summed E-state index contributed by atoms with van der Waals surface area (Å²) in [4.78, 5) is 14.5. The van der Waals surface area contributed by atoms with E-state index < -0.39 is 0 Å². The van der Waals surface area contributed by atoms with E-state index in [1.807, 2.05) is 6.92 Å². The van der Waals surface area contributed by atoms with Crippen LogP contribution in [0.15, 0.2) is 0 Å². The quantitative estimate of drug-likeness (QED) is 0.642. The third kappa shape index (κ3) is 7.82. The summed E-state index contributed by atoms with van der Waals surface area (Å²) < 4.78 is 0. The van der Waals surface area contributed by atoms with E-state index in [0.29, 0.717) is 5.92 Å². The molecule has 2 N–H and O–H groups in total. The number of piperidine rings is 1. The van der Waals surface area contributed by atoms with Gasteiger partial charge in [-0.1, -0.05) is 20.3 Å². The highest BCUT2D eigenvalue weighted by molar-refractivity contribution is 5.81. The Hall–Kier alpha value is -0.610. The van der Waals surface area contributed by atoms with Crippen LogP contribution >= 0.6 is 0 Å². The maximum absolute atomic E-state index is 11.9. The van der Waals surface area contributed by atoms with Crippen LogP contribution in [0.4, 0.5) is 0 Å². The number of nitrogens with one attached hydrogen (secondary N) is 2. The van der Waals surface area contributed by atoms with Crippen molar-refractivity contribution in [2.45, 2.75) is 71.9 Å². The van der Waals surface area contributed by atoms with Crippen molar-refractivity contribution in [2.24, 2.45) is 5.92 Å². The van der Waals surface area contributed by atoms with E-state index in [4.69, 9.17) is 0 Å². The number of nitrogens with zero attached hydrogens (tertiary/aromatic N) is 1. The normalized spacial score (nSPS) is 21.5. The molecule has 2 unspecified atom stereocenters. The van der Waals surface area contributed by atoms with Gasteiger partial charge >= 0.3 is 0 Å². The van der Waals surface area contributed by atoms with Crippen molar-refractivity contribution < 1.29 is 4.79 Å². The van der Waals surface area contributed by atoms with E-state index in [0.717, 1.165) is 38.5 Å². The number of likely N-dealkylation sites (tertiary alicyclic amines) is 1. The molecule has 2 atom stereocenters. The molecule has 1 fully saturated rings. The molecule has 4 nitrogen and oxygen atoms in total. The Balaban J connectivity index is 2.06. The average molecular weight is 297 g/mol. The molecule has 0 aromatic carbocycles. The van der Waals surface area contributed by atoms with Crippen LogP contribution in [0.3, 0.4) is 0 Å². The topological polar surface area (TPSA) is 44.4 Å². The fraction of sp³-hybridized carbons (Fsp3) is 0.941. The van der Waals surface area contributed by atoms with Crippen molar-refractivity contribution >= 4 is 5.91 Å². The third-order valence-corrected chi connectivity index (χ3v) is 4.43. The number of carbonyl (C=O) groups excluding carboxylic acids is 1. The standard InChI is InChI=1S/C17H35N3O/c1-14(2)9-11-19-17(21)16(4)18-10-7-13-20-12-6-5-8-15(20)3/h14-16,18H,5-13H2,1-4H3,(H,19,21). The molecule has 0 aliphatic carbocycles. The number of rotatable bonds is 9. The van der Waals surface area contributed by atoms with Crippen molar-refractivity contribution in [3.8, 4) is 0 Å². The molecule has 1 aliphatic heterocycles. The molecule has 0 aromatic rings. The molecule has 0 radical (unpaired) electrons.